The van der Waals surface area contributed by atoms with Crippen LogP contribution in [0.5, 0.6) is 0 Å². The summed E-state index contributed by atoms with van der Waals surface area (Å²) in [7, 11) is 1.89. The molecule has 0 radical (unpaired) electrons. The summed E-state index contributed by atoms with van der Waals surface area (Å²) in [6.07, 6.45) is 5.27. The molecule has 1 aromatic carbocycles. The van der Waals surface area contributed by atoms with Crippen molar-refractivity contribution in [1.29, 1.82) is 0 Å². The van der Waals surface area contributed by atoms with Crippen molar-refractivity contribution in [2.45, 2.75) is 6.04 Å². The number of carbonyl (C=O) groups is 1. The summed E-state index contributed by atoms with van der Waals surface area (Å²) < 4.78 is 1.88. The smallest absolute Gasteiger partial charge is 0.268 e. The van der Waals surface area contributed by atoms with E-state index in [0.717, 1.165) is 11.4 Å². The van der Waals surface area contributed by atoms with E-state index < -0.39 is 0 Å². The molecule has 0 aliphatic rings. The molecular weight excluding hydrogens is 300 g/mol. The van der Waals surface area contributed by atoms with Gasteiger partial charge in [0.25, 0.3) is 5.91 Å². The van der Waals surface area contributed by atoms with Crippen molar-refractivity contribution >= 4 is 17.5 Å². The molecule has 0 spiro atoms. The van der Waals surface area contributed by atoms with E-state index in [1.807, 2.05) is 29.9 Å². The summed E-state index contributed by atoms with van der Waals surface area (Å²) in [4.78, 5) is 19.6. The van der Waals surface area contributed by atoms with Gasteiger partial charge < -0.3 is 14.9 Å². The van der Waals surface area contributed by atoms with E-state index in [2.05, 4.69) is 15.3 Å². The van der Waals surface area contributed by atoms with Crippen LogP contribution < -0.4 is 5.32 Å². The molecule has 0 aliphatic carbocycles. The van der Waals surface area contributed by atoms with Crippen molar-refractivity contribution in [3.05, 3.63) is 77.1 Å². The first kappa shape index (κ1) is 14.4. The van der Waals surface area contributed by atoms with Gasteiger partial charge in [-0.05, 0) is 29.8 Å². The summed E-state index contributed by atoms with van der Waals surface area (Å²) in [5.41, 5.74) is 1.42. The van der Waals surface area contributed by atoms with E-state index in [1.165, 1.54) is 0 Å². The first-order valence-corrected chi connectivity index (χ1v) is 7.20. The fraction of sp³-hybridized carbons (Fsp3) is 0.125. The third kappa shape index (κ3) is 2.89. The minimum atomic E-state index is -0.354. The van der Waals surface area contributed by atoms with Crippen molar-refractivity contribution < 1.29 is 4.79 Å². The Balaban J connectivity index is 1.95. The Morgan fingerprint density at radius 2 is 2.09 bits per heavy atom. The zero-order chi connectivity index (χ0) is 15.5. The van der Waals surface area contributed by atoms with Gasteiger partial charge in [-0.1, -0.05) is 23.7 Å². The quantitative estimate of drug-likeness (QED) is 0.777. The summed E-state index contributed by atoms with van der Waals surface area (Å²) >= 11 is 5.95. The van der Waals surface area contributed by atoms with Gasteiger partial charge in [0.2, 0.25) is 0 Å². The monoisotopic (exact) mass is 314 g/mol. The molecule has 2 heterocycles. The topological polar surface area (TPSA) is 62.7 Å². The maximum Gasteiger partial charge on any atom is 0.268 e. The number of carbonyl (C=O) groups excluding carboxylic acids is 1. The molecule has 1 amide bonds. The van der Waals surface area contributed by atoms with Crippen LogP contribution in [0.15, 0.2) is 55.0 Å². The number of aromatic amines is 1. The van der Waals surface area contributed by atoms with Crippen LogP contribution in [-0.4, -0.2) is 20.4 Å². The number of imidazole rings is 1. The minimum absolute atomic E-state index is 0.187. The first-order valence-electron chi connectivity index (χ1n) is 6.82. The highest BCUT2D eigenvalue weighted by Gasteiger charge is 2.21. The lowest BCUT2D eigenvalue weighted by atomic mass is 10.1. The van der Waals surface area contributed by atoms with Gasteiger partial charge in [0, 0.05) is 30.7 Å². The van der Waals surface area contributed by atoms with Crippen LogP contribution in [0.1, 0.15) is 27.9 Å². The largest absolute Gasteiger partial charge is 0.357 e. The molecule has 0 unspecified atom stereocenters. The predicted molar refractivity (Wildman–Crippen MR) is 84.8 cm³/mol. The second kappa shape index (κ2) is 6.07. The molecule has 3 rings (SSSR count). The average Bonchev–Trinajstić information content (AvgIpc) is 3.17. The third-order valence-electron chi connectivity index (χ3n) is 3.44. The van der Waals surface area contributed by atoms with Gasteiger partial charge >= 0.3 is 0 Å². The highest BCUT2D eigenvalue weighted by Crippen LogP contribution is 2.22. The minimum Gasteiger partial charge on any atom is -0.357 e. The van der Waals surface area contributed by atoms with Crippen LogP contribution in [0, 0.1) is 0 Å². The Hall–Kier alpha value is -2.53. The Kier molecular flexibility index (Phi) is 3.98. The van der Waals surface area contributed by atoms with Gasteiger partial charge in [0.15, 0.2) is 0 Å². The Morgan fingerprint density at radius 1 is 1.32 bits per heavy atom. The second-order valence-corrected chi connectivity index (χ2v) is 5.37. The lowest BCUT2D eigenvalue weighted by Crippen LogP contribution is -2.31. The molecular formula is C16H15ClN4O. The van der Waals surface area contributed by atoms with Crippen molar-refractivity contribution in [1.82, 2.24) is 19.9 Å². The number of H-pyrrole nitrogens is 1. The molecule has 0 fully saturated rings. The molecule has 6 heteroatoms. The number of nitrogens with zero attached hydrogens (tertiary/aromatic N) is 2. The van der Waals surface area contributed by atoms with Gasteiger partial charge in [0.1, 0.15) is 17.6 Å². The number of benzene rings is 1. The molecule has 2 N–H and O–H groups in total. The number of amides is 1. The second-order valence-electron chi connectivity index (χ2n) is 4.94. The Morgan fingerprint density at radius 3 is 2.68 bits per heavy atom. The van der Waals surface area contributed by atoms with Gasteiger partial charge in [-0.3, -0.25) is 4.79 Å². The van der Waals surface area contributed by atoms with Crippen molar-refractivity contribution in [2.75, 3.05) is 0 Å². The zero-order valence-corrected chi connectivity index (χ0v) is 12.7. The zero-order valence-electron chi connectivity index (χ0n) is 12.0. The van der Waals surface area contributed by atoms with Crippen LogP contribution in [0.4, 0.5) is 0 Å². The summed E-state index contributed by atoms with van der Waals surface area (Å²) in [6.45, 7) is 0. The molecule has 112 valence electrons. The number of aromatic nitrogens is 3. The van der Waals surface area contributed by atoms with Gasteiger partial charge in [-0.2, -0.15) is 0 Å². The highest BCUT2D eigenvalue weighted by molar-refractivity contribution is 6.30. The van der Waals surface area contributed by atoms with Crippen LogP contribution >= 0.6 is 11.6 Å². The Labute approximate surface area is 133 Å². The van der Waals surface area contributed by atoms with E-state index >= 15 is 0 Å². The summed E-state index contributed by atoms with van der Waals surface area (Å²) in [6, 6.07) is 10.5. The first-order chi connectivity index (χ1) is 10.6. The molecule has 1 atom stereocenters. The maximum absolute atomic E-state index is 12.4. The van der Waals surface area contributed by atoms with Gasteiger partial charge in [0.05, 0.1) is 0 Å². The number of halogens is 1. The molecule has 0 aliphatic heterocycles. The van der Waals surface area contributed by atoms with E-state index in [0.29, 0.717) is 10.7 Å². The van der Waals surface area contributed by atoms with Crippen molar-refractivity contribution in [3.63, 3.8) is 0 Å². The number of hydrogen-bond donors (Lipinski definition) is 2. The average molecular weight is 315 g/mol. The molecule has 22 heavy (non-hydrogen) atoms. The number of hydrogen-bond acceptors (Lipinski definition) is 2. The van der Waals surface area contributed by atoms with E-state index in [4.69, 9.17) is 11.6 Å². The third-order valence-corrected chi connectivity index (χ3v) is 3.69. The van der Waals surface area contributed by atoms with E-state index in [9.17, 15) is 4.79 Å². The fourth-order valence-electron chi connectivity index (χ4n) is 2.29. The van der Waals surface area contributed by atoms with Gasteiger partial charge in [-0.25, -0.2) is 4.98 Å². The predicted octanol–water partition coefficient (Wildman–Crippen LogP) is 2.92. The highest BCUT2D eigenvalue weighted by atomic mass is 35.5. The normalized spacial score (nSPS) is 12.1. The summed E-state index contributed by atoms with van der Waals surface area (Å²) in [5.74, 6) is 0.565. The van der Waals surface area contributed by atoms with Crippen LogP contribution in [0.3, 0.4) is 0 Å². The van der Waals surface area contributed by atoms with Crippen molar-refractivity contribution in [2.24, 2.45) is 7.05 Å². The SMILES string of the molecule is Cn1ccnc1[C@@H](NC(=O)c1ccc[nH]1)c1ccc(Cl)cc1. The molecule has 0 saturated heterocycles. The van der Waals surface area contributed by atoms with E-state index in [-0.39, 0.29) is 11.9 Å². The fourth-order valence-corrected chi connectivity index (χ4v) is 2.41. The van der Waals surface area contributed by atoms with Crippen LogP contribution in [-0.2, 0) is 7.05 Å². The number of nitrogens with one attached hydrogen (secondary N) is 2. The standard InChI is InChI=1S/C16H15ClN4O/c1-21-10-9-19-15(21)14(11-4-6-12(17)7-5-11)20-16(22)13-3-2-8-18-13/h2-10,14,18H,1H3,(H,20,22)/t14-/m0/s1. The molecule has 0 bridgehead atoms. The molecule has 3 aromatic rings. The Bertz CT molecular complexity index is 762. The maximum atomic E-state index is 12.4. The molecule has 0 saturated carbocycles. The lowest BCUT2D eigenvalue weighted by Gasteiger charge is -2.19. The lowest BCUT2D eigenvalue weighted by molar-refractivity contribution is 0.0936. The number of rotatable bonds is 4. The molecule has 5 nitrogen and oxygen atoms in total. The van der Waals surface area contributed by atoms with Crippen LogP contribution in [0.2, 0.25) is 5.02 Å². The van der Waals surface area contributed by atoms with Gasteiger partial charge in [-0.15, -0.1) is 0 Å². The molecule has 2 aromatic heterocycles. The number of aryl methyl sites for hydroxylation is 1. The summed E-state index contributed by atoms with van der Waals surface area (Å²) in [5, 5.41) is 3.65. The van der Waals surface area contributed by atoms with E-state index in [1.54, 1.807) is 36.7 Å². The van der Waals surface area contributed by atoms with Crippen LogP contribution in [0.25, 0.3) is 0 Å². The van der Waals surface area contributed by atoms with Crippen molar-refractivity contribution in [3.8, 4) is 0 Å².